The highest BCUT2D eigenvalue weighted by Crippen LogP contribution is 2.30. The second-order valence-electron chi connectivity index (χ2n) is 5.76. The van der Waals surface area contributed by atoms with Gasteiger partial charge in [0.15, 0.2) is 11.5 Å². The van der Waals surface area contributed by atoms with Crippen LogP contribution in [0.15, 0.2) is 77.8 Å². The van der Waals surface area contributed by atoms with Crippen LogP contribution < -0.4 is 0 Å². The summed E-state index contributed by atoms with van der Waals surface area (Å²) in [5.74, 6) is -2.86. The number of ketones is 2. The second-order valence-corrected chi connectivity index (χ2v) is 5.76. The number of hydrogen-bond donors (Lipinski definition) is 2. The molecule has 0 saturated carbocycles. The van der Waals surface area contributed by atoms with E-state index in [0.717, 1.165) is 11.1 Å². The molecule has 2 aromatic rings. The minimum absolute atomic E-state index is 0.178. The first-order valence-corrected chi connectivity index (χ1v) is 7.75. The summed E-state index contributed by atoms with van der Waals surface area (Å²) in [7, 11) is 0. The molecule has 2 N–H and O–H groups in total. The lowest BCUT2D eigenvalue weighted by Crippen LogP contribution is -2.22. The molecular weight excluding hydrogens is 316 g/mol. The van der Waals surface area contributed by atoms with Gasteiger partial charge in [0.05, 0.1) is 11.1 Å². The van der Waals surface area contributed by atoms with E-state index < -0.39 is 23.1 Å². The summed E-state index contributed by atoms with van der Waals surface area (Å²) in [5.41, 5.74) is 1.67. The minimum Gasteiger partial charge on any atom is -0.504 e. The van der Waals surface area contributed by atoms with Crippen molar-refractivity contribution in [1.29, 1.82) is 0 Å². The summed E-state index contributed by atoms with van der Waals surface area (Å²) in [5, 5.41) is 20.5. The van der Waals surface area contributed by atoms with Gasteiger partial charge < -0.3 is 10.2 Å². The number of allylic oxidation sites excluding steroid dienone is 3. The zero-order valence-corrected chi connectivity index (χ0v) is 13.6. The van der Waals surface area contributed by atoms with Crippen molar-refractivity contribution in [1.82, 2.24) is 0 Å². The van der Waals surface area contributed by atoms with Gasteiger partial charge in [0.2, 0.25) is 11.6 Å². The summed E-state index contributed by atoms with van der Waals surface area (Å²) >= 11 is 0. The number of Topliss-reactive ketones (excluding diaryl/α,β-unsaturated/α-hetero) is 2. The van der Waals surface area contributed by atoms with Crippen molar-refractivity contribution in [2.75, 3.05) is 0 Å². The first-order chi connectivity index (χ1) is 12.0. The monoisotopic (exact) mass is 332 g/mol. The fourth-order valence-electron chi connectivity index (χ4n) is 2.66. The zero-order chi connectivity index (χ0) is 18.0. The maximum atomic E-state index is 12.5. The molecule has 0 saturated heterocycles. The average molecular weight is 332 g/mol. The van der Waals surface area contributed by atoms with Crippen LogP contribution in [0.25, 0.3) is 11.6 Å². The van der Waals surface area contributed by atoms with Gasteiger partial charge in [-0.15, -0.1) is 0 Å². The SMILES string of the molecule is Cc1cccc(C2=C(O)C(=O)C(C=Cc3ccccc3)=C(O)C2=O)c1. The molecule has 3 rings (SSSR count). The van der Waals surface area contributed by atoms with Crippen molar-refractivity contribution >= 4 is 23.2 Å². The van der Waals surface area contributed by atoms with E-state index in [-0.39, 0.29) is 11.1 Å². The van der Waals surface area contributed by atoms with Crippen molar-refractivity contribution in [3.63, 3.8) is 0 Å². The number of aliphatic hydroxyl groups is 2. The van der Waals surface area contributed by atoms with Crippen LogP contribution in [0, 0.1) is 6.92 Å². The highest BCUT2D eigenvalue weighted by Gasteiger charge is 2.34. The minimum atomic E-state index is -0.777. The van der Waals surface area contributed by atoms with Gasteiger partial charge in [-0.3, -0.25) is 9.59 Å². The lowest BCUT2D eigenvalue weighted by molar-refractivity contribution is -0.118. The molecule has 25 heavy (non-hydrogen) atoms. The van der Waals surface area contributed by atoms with Gasteiger partial charge in [-0.1, -0.05) is 66.2 Å². The summed E-state index contributed by atoms with van der Waals surface area (Å²) in [4.78, 5) is 24.9. The number of aliphatic hydroxyl groups excluding tert-OH is 2. The molecule has 0 aliphatic heterocycles. The molecule has 2 aromatic carbocycles. The summed E-state index contributed by atoms with van der Waals surface area (Å²) < 4.78 is 0. The van der Waals surface area contributed by atoms with Crippen LogP contribution >= 0.6 is 0 Å². The van der Waals surface area contributed by atoms with Crippen molar-refractivity contribution in [3.8, 4) is 0 Å². The Morgan fingerprint density at radius 3 is 2.20 bits per heavy atom. The van der Waals surface area contributed by atoms with Gasteiger partial charge in [0.25, 0.3) is 0 Å². The van der Waals surface area contributed by atoms with Gasteiger partial charge in [-0.2, -0.15) is 0 Å². The standard InChI is InChI=1S/C21H16O4/c1-13-6-5-9-15(12-13)17-20(24)18(22)16(19(23)21(17)25)11-10-14-7-3-2-4-8-14/h2-12,22,25H,1H3. The smallest absolute Gasteiger partial charge is 0.232 e. The Morgan fingerprint density at radius 1 is 0.800 bits per heavy atom. The fraction of sp³-hybridized carbons (Fsp3) is 0.0476. The van der Waals surface area contributed by atoms with Crippen LogP contribution in [0.1, 0.15) is 16.7 Å². The van der Waals surface area contributed by atoms with Crippen LogP contribution in [-0.4, -0.2) is 21.8 Å². The molecule has 1 aliphatic rings. The third-order valence-electron chi connectivity index (χ3n) is 3.94. The molecule has 4 heteroatoms. The molecule has 0 atom stereocenters. The van der Waals surface area contributed by atoms with Crippen LogP contribution in [0.5, 0.6) is 0 Å². The number of aryl methyl sites for hydroxylation is 1. The third-order valence-corrected chi connectivity index (χ3v) is 3.94. The molecule has 4 nitrogen and oxygen atoms in total. The van der Waals surface area contributed by atoms with Crippen molar-refractivity contribution in [3.05, 3.63) is 94.5 Å². The van der Waals surface area contributed by atoms with E-state index in [2.05, 4.69) is 0 Å². The largest absolute Gasteiger partial charge is 0.504 e. The predicted octanol–water partition coefficient (Wildman–Crippen LogP) is 3.94. The Morgan fingerprint density at radius 2 is 1.52 bits per heavy atom. The number of carbonyl (C=O) groups is 2. The number of benzene rings is 2. The molecule has 0 radical (unpaired) electrons. The molecule has 0 unspecified atom stereocenters. The maximum absolute atomic E-state index is 12.5. The Labute approximate surface area is 145 Å². The Balaban J connectivity index is 2.01. The lowest BCUT2D eigenvalue weighted by atomic mass is 9.88. The van der Waals surface area contributed by atoms with E-state index in [4.69, 9.17) is 0 Å². The summed E-state index contributed by atoms with van der Waals surface area (Å²) in [6.45, 7) is 1.83. The number of carbonyl (C=O) groups excluding carboxylic acids is 2. The van der Waals surface area contributed by atoms with E-state index in [0.29, 0.717) is 5.56 Å². The molecule has 124 valence electrons. The number of hydrogen-bond acceptors (Lipinski definition) is 4. The van der Waals surface area contributed by atoms with Gasteiger partial charge in [0.1, 0.15) is 0 Å². The van der Waals surface area contributed by atoms with E-state index >= 15 is 0 Å². The van der Waals surface area contributed by atoms with E-state index in [1.165, 1.54) is 6.08 Å². The van der Waals surface area contributed by atoms with Crippen LogP contribution in [0.4, 0.5) is 0 Å². The molecule has 0 heterocycles. The zero-order valence-electron chi connectivity index (χ0n) is 13.6. The molecule has 0 fully saturated rings. The van der Waals surface area contributed by atoms with Crippen molar-refractivity contribution in [2.45, 2.75) is 6.92 Å². The van der Waals surface area contributed by atoms with Crippen LogP contribution in [0.2, 0.25) is 0 Å². The summed E-state index contributed by atoms with van der Waals surface area (Å²) in [6, 6.07) is 16.0. The van der Waals surface area contributed by atoms with E-state index in [9.17, 15) is 19.8 Å². The summed E-state index contributed by atoms with van der Waals surface area (Å²) in [6.07, 6.45) is 2.94. The molecule has 0 spiro atoms. The normalized spacial score (nSPS) is 15.4. The fourth-order valence-corrected chi connectivity index (χ4v) is 2.66. The van der Waals surface area contributed by atoms with Crippen molar-refractivity contribution < 1.29 is 19.8 Å². The van der Waals surface area contributed by atoms with E-state index in [1.807, 2.05) is 43.3 Å². The Hall–Kier alpha value is -3.40. The quantitative estimate of drug-likeness (QED) is 0.835. The Bertz CT molecular complexity index is 947. The highest BCUT2D eigenvalue weighted by atomic mass is 16.3. The van der Waals surface area contributed by atoms with Crippen molar-refractivity contribution in [2.24, 2.45) is 0 Å². The topological polar surface area (TPSA) is 74.6 Å². The van der Waals surface area contributed by atoms with Crippen LogP contribution in [-0.2, 0) is 9.59 Å². The average Bonchev–Trinajstić information content (AvgIpc) is 2.61. The molecule has 1 aliphatic carbocycles. The third kappa shape index (κ3) is 3.15. The van der Waals surface area contributed by atoms with Gasteiger partial charge in [0, 0.05) is 0 Å². The highest BCUT2D eigenvalue weighted by molar-refractivity contribution is 6.38. The Kier molecular flexibility index (Phi) is 4.35. The van der Waals surface area contributed by atoms with Gasteiger partial charge >= 0.3 is 0 Å². The lowest BCUT2D eigenvalue weighted by Gasteiger charge is -2.16. The van der Waals surface area contributed by atoms with Gasteiger partial charge in [-0.25, -0.2) is 0 Å². The van der Waals surface area contributed by atoms with Crippen LogP contribution in [0.3, 0.4) is 0 Å². The first-order valence-electron chi connectivity index (χ1n) is 7.75. The first kappa shape index (κ1) is 16.5. The molecule has 0 amide bonds. The van der Waals surface area contributed by atoms with Gasteiger partial charge in [-0.05, 0) is 24.1 Å². The molecule has 0 aromatic heterocycles. The van der Waals surface area contributed by atoms with E-state index in [1.54, 1.807) is 24.3 Å². The predicted molar refractivity (Wildman–Crippen MR) is 95.9 cm³/mol. The maximum Gasteiger partial charge on any atom is 0.232 e. The second kappa shape index (κ2) is 6.61. The molecular formula is C21H16O4. The molecule has 0 bridgehead atoms. The number of rotatable bonds is 3.